The van der Waals surface area contributed by atoms with E-state index in [0.29, 0.717) is 5.15 Å². The van der Waals surface area contributed by atoms with Crippen molar-refractivity contribution in [1.82, 2.24) is 4.98 Å². The highest BCUT2D eigenvalue weighted by molar-refractivity contribution is 6.29. The largest absolute Gasteiger partial charge is 0.494 e. The van der Waals surface area contributed by atoms with Crippen molar-refractivity contribution in [3.63, 3.8) is 0 Å². The average Bonchev–Trinajstić information content (AvgIpc) is 2.30. The normalized spacial score (nSPS) is 10.8. The Hall–Kier alpha value is -1.28. The van der Waals surface area contributed by atoms with Crippen molar-refractivity contribution in [3.05, 3.63) is 35.0 Å². The Labute approximate surface area is 107 Å². The van der Waals surface area contributed by atoms with Crippen LogP contribution in [-0.4, -0.2) is 11.6 Å². The van der Waals surface area contributed by atoms with Gasteiger partial charge in [-0.15, -0.1) is 0 Å². The van der Waals surface area contributed by atoms with Crippen molar-refractivity contribution in [2.45, 2.75) is 26.7 Å². The van der Waals surface area contributed by atoms with Gasteiger partial charge in [-0.25, -0.2) is 4.98 Å². The zero-order valence-corrected chi connectivity index (χ0v) is 10.9. The van der Waals surface area contributed by atoms with Crippen LogP contribution in [0.1, 0.15) is 25.3 Å². The number of hydrogen-bond acceptors (Lipinski definition) is 2. The van der Waals surface area contributed by atoms with Gasteiger partial charge in [0, 0.05) is 5.39 Å². The average molecular weight is 250 g/mol. The number of hydrogen-bond donors (Lipinski definition) is 0. The third-order valence-corrected chi connectivity index (χ3v) is 2.92. The lowest BCUT2D eigenvalue weighted by molar-refractivity contribution is 0.310. The number of nitrogens with zero attached hydrogens (tertiary/aromatic N) is 1. The summed E-state index contributed by atoms with van der Waals surface area (Å²) in [6, 6.07) is 7.81. The molecule has 0 spiro atoms. The Morgan fingerprint density at radius 3 is 2.88 bits per heavy atom. The zero-order chi connectivity index (χ0) is 12.3. The number of rotatable bonds is 4. The lowest BCUT2D eigenvalue weighted by Crippen LogP contribution is -1.96. The molecule has 0 amide bonds. The number of aryl methyl sites for hydroxylation is 1. The molecule has 1 aromatic carbocycles. The molecule has 0 aliphatic heterocycles. The molecule has 0 atom stereocenters. The van der Waals surface area contributed by atoms with Crippen LogP contribution in [0.3, 0.4) is 0 Å². The lowest BCUT2D eigenvalue weighted by atomic mass is 10.1. The summed E-state index contributed by atoms with van der Waals surface area (Å²) in [7, 11) is 0. The van der Waals surface area contributed by atoms with Gasteiger partial charge >= 0.3 is 0 Å². The fraction of sp³-hybridized carbons (Fsp3) is 0.357. The third-order valence-electron chi connectivity index (χ3n) is 2.72. The highest BCUT2D eigenvalue weighted by Gasteiger charge is 2.03. The van der Waals surface area contributed by atoms with E-state index in [4.69, 9.17) is 16.3 Å². The van der Waals surface area contributed by atoms with Crippen LogP contribution < -0.4 is 4.74 Å². The molecule has 0 N–H and O–H groups in total. The lowest BCUT2D eigenvalue weighted by Gasteiger charge is -2.08. The smallest absolute Gasteiger partial charge is 0.130 e. The predicted molar refractivity (Wildman–Crippen MR) is 71.9 cm³/mol. The van der Waals surface area contributed by atoms with Crippen molar-refractivity contribution >= 4 is 22.5 Å². The summed E-state index contributed by atoms with van der Waals surface area (Å²) in [4.78, 5) is 4.28. The van der Waals surface area contributed by atoms with Gasteiger partial charge in [0.05, 0.1) is 12.1 Å². The third kappa shape index (κ3) is 2.89. The van der Waals surface area contributed by atoms with Gasteiger partial charge in [-0.2, -0.15) is 0 Å². The monoisotopic (exact) mass is 249 g/mol. The molecule has 0 fully saturated rings. The molecule has 0 aliphatic rings. The Balaban J connectivity index is 2.30. The van der Waals surface area contributed by atoms with E-state index in [9.17, 15) is 0 Å². The van der Waals surface area contributed by atoms with Crippen molar-refractivity contribution < 1.29 is 4.74 Å². The summed E-state index contributed by atoms with van der Waals surface area (Å²) >= 11 is 5.92. The summed E-state index contributed by atoms with van der Waals surface area (Å²) in [6.07, 6.45) is 2.22. The highest BCUT2D eigenvalue weighted by atomic mass is 35.5. The molecule has 90 valence electrons. The van der Waals surface area contributed by atoms with Crippen LogP contribution in [0.15, 0.2) is 24.3 Å². The second-order valence-corrected chi connectivity index (χ2v) is 4.53. The fourth-order valence-corrected chi connectivity index (χ4v) is 2.01. The van der Waals surface area contributed by atoms with Gasteiger partial charge in [-0.05, 0) is 43.2 Å². The minimum absolute atomic E-state index is 0.537. The van der Waals surface area contributed by atoms with Crippen molar-refractivity contribution in [1.29, 1.82) is 0 Å². The second kappa shape index (κ2) is 5.37. The molecular weight excluding hydrogens is 234 g/mol. The SMILES string of the molecule is CCCCOc1ccc2nc(Cl)cc(C)c2c1. The van der Waals surface area contributed by atoms with Gasteiger partial charge in [0.25, 0.3) is 0 Å². The number of unbranched alkanes of at least 4 members (excludes halogenated alkanes) is 1. The number of halogens is 1. The molecule has 2 nitrogen and oxygen atoms in total. The topological polar surface area (TPSA) is 22.1 Å². The van der Waals surface area contributed by atoms with E-state index in [1.807, 2.05) is 31.2 Å². The first-order chi connectivity index (χ1) is 8.20. The van der Waals surface area contributed by atoms with Gasteiger partial charge in [0.1, 0.15) is 10.9 Å². The van der Waals surface area contributed by atoms with E-state index in [1.54, 1.807) is 0 Å². The second-order valence-electron chi connectivity index (χ2n) is 4.14. The van der Waals surface area contributed by atoms with Gasteiger partial charge in [-0.1, -0.05) is 24.9 Å². The van der Waals surface area contributed by atoms with E-state index in [-0.39, 0.29) is 0 Å². The molecule has 1 heterocycles. The first-order valence-corrected chi connectivity index (χ1v) is 6.28. The molecule has 0 radical (unpaired) electrons. The predicted octanol–water partition coefficient (Wildman–Crippen LogP) is 4.38. The number of aromatic nitrogens is 1. The molecule has 0 saturated carbocycles. The number of benzene rings is 1. The van der Waals surface area contributed by atoms with E-state index in [2.05, 4.69) is 11.9 Å². The summed E-state index contributed by atoms with van der Waals surface area (Å²) in [5.74, 6) is 0.901. The van der Waals surface area contributed by atoms with Crippen LogP contribution in [0.5, 0.6) is 5.75 Å². The standard InChI is InChI=1S/C14H16ClNO/c1-3-4-7-17-11-5-6-13-12(9-11)10(2)8-14(15)16-13/h5-6,8-9H,3-4,7H2,1-2H3. The van der Waals surface area contributed by atoms with Gasteiger partial charge < -0.3 is 4.74 Å². The van der Waals surface area contributed by atoms with E-state index >= 15 is 0 Å². The molecule has 2 aromatic rings. The quantitative estimate of drug-likeness (QED) is 0.593. The summed E-state index contributed by atoms with van der Waals surface area (Å²) in [5, 5.41) is 1.64. The summed E-state index contributed by atoms with van der Waals surface area (Å²) < 4.78 is 5.68. The van der Waals surface area contributed by atoms with Crippen LogP contribution in [-0.2, 0) is 0 Å². The minimum Gasteiger partial charge on any atom is -0.494 e. The molecule has 3 heteroatoms. The van der Waals surface area contributed by atoms with Gasteiger partial charge in [-0.3, -0.25) is 0 Å². The number of fused-ring (bicyclic) bond motifs is 1. The Bertz CT molecular complexity index is 525. The maximum atomic E-state index is 5.92. The summed E-state index contributed by atoms with van der Waals surface area (Å²) in [5.41, 5.74) is 2.04. The Kier molecular flexibility index (Phi) is 3.85. The zero-order valence-electron chi connectivity index (χ0n) is 10.2. The van der Waals surface area contributed by atoms with Crippen LogP contribution in [0.2, 0.25) is 5.15 Å². The summed E-state index contributed by atoms with van der Waals surface area (Å²) in [6.45, 7) is 4.95. The van der Waals surface area contributed by atoms with Crippen molar-refractivity contribution in [2.75, 3.05) is 6.61 Å². The number of ether oxygens (including phenoxy) is 1. The Morgan fingerprint density at radius 2 is 2.12 bits per heavy atom. The van der Waals surface area contributed by atoms with Crippen LogP contribution in [0, 0.1) is 6.92 Å². The van der Waals surface area contributed by atoms with Crippen molar-refractivity contribution in [2.24, 2.45) is 0 Å². The van der Waals surface area contributed by atoms with Gasteiger partial charge in [0.2, 0.25) is 0 Å². The molecule has 0 bridgehead atoms. The molecule has 17 heavy (non-hydrogen) atoms. The van der Waals surface area contributed by atoms with Crippen LogP contribution >= 0.6 is 11.6 Å². The maximum Gasteiger partial charge on any atom is 0.130 e. The first kappa shape index (κ1) is 12.2. The van der Waals surface area contributed by atoms with Crippen LogP contribution in [0.4, 0.5) is 0 Å². The van der Waals surface area contributed by atoms with Gasteiger partial charge in [0.15, 0.2) is 0 Å². The molecule has 0 saturated heterocycles. The molecule has 0 aliphatic carbocycles. The fourth-order valence-electron chi connectivity index (χ4n) is 1.76. The van der Waals surface area contributed by atoms with E-state index in [0.717, 1.165) is 41.7 Å². The molecule has 1 aromatic heterocycles. The maximum absolute atomic E-state index is 5.92. The van der Waals surface area contributed by atoms with E-state index < -0.39 is 0 Å². The first-order valence-electron chi connectivity index (χ1n) is 5.90. The van der Waals surface area contributed by atoms with Crippen molar-refractivity contribution in [3.8, 4) is 5.75 Å². The Morgan fingerprint density at radius 1 is 1.29 bits per heavy atom. The van der Waals surface area contributed by atoms with E-state index in [1.165, 1.54) is 0 Å². The minimum atomic E-state index is 0.537. The molecule has 0 unspecified atom stereocenters. The molecular formula is C14H16ClNO. The highest BCUT2D eigenvalue weighted by Crippen LogP contribution is 2.24. The molecule has 2 rings (SSSR count). The van der Waals surface area contributed by atoms with Crippen LogP contribution in [0.25, 0.3) is 10.9 Å². The number of pyridine rings is 1.